The predicted molar refractivity (Wildman–Crippen MR) is 87.7 cm³/mol. The van der Waals surface area contributed by atoms with Crippen molar-refractivity contribution in [2.45, 2.75) is 91.8 Å². The minimum absolute atomic E-state index is 0.166. The summed E-state index contributed by atoms with van der Waals surface area (Å²) in [4.78, 5) is 16.1. The highest BCUT2D eigenvalue weighted by molar-refractivity contribution is 4.95. The van der Waals surface area contributed by atoms with Gasteiger partial charge in [-0.05, 0) is 47.5 Å². The maximum Gasteiger partial charge on any atom is 0.170 e. The van der Waals surface area contributed by atoms with Gasteiger partial charge in [0.25, 0.3) is 0 Å². The van der Waals surface area contributed by atoms with Gasteiger partial charge in [-0.1, -0.05) is 32.4 Å². The Hall–Kier alpha value is -0.990. The van der Waals surface area contributed by atoms with Gasteiger partial charge in [0.2, 0.25) is 0 Å². The van der Waals surface area contributed by atoms with E-state index in [1.54, 1.807) is 13.8 Å². The fourth-order valence-electron chi connectivity index (χ4n) is 1.67. The summed E-state index contributed by atoms with van der Waals surface area (Å²) in [6, 6.07) is 2.30. The Bertz CT molecular complexity index is 322. The summed E-state index contributed by atoms with van der Waals surface area (Å²) in [5, 5.41) is 13.8. The Morgan fingerprint density at radius 3 is 2.05 bits per heavy atom. The zero-order valence-electron chi connectivity index (χ0n) is 15.1. The van der Waals surface area contributed by atoms with Crippen LogP contribution in [0.5, 0.6) is 0 Å². The van der Waals surface area contributed by atoms with Gasteiger partial charge in [0, 0.05) is 11.6 Å². The highest BCUT2D eigenvalue weighted by Gasteiger charge is 2.35. The SMILES string of the molecule is CCC.CCC(C)N(OC(C)(C)C#N)C(C)(C)CCN=O. The summed E-state index contributed by atoms with van der Waals surface area (Å²) in [5.41, 5.74) is -1.22. The number of hydroxylamine groups is 2. The lowest BCUT2D eigenvalue weighted by Crippen LogP contribution is -2.52. The van der Waals surface area contributed by atoms with Crippen molar-refractivity contribution >= 4 is 0 Å². The standard InChI is InChI=1S/C13H25N3O2.C3H8/c1-7-11(2)16(18-13(5,6)10-14)12(3,4)8-9-15-17;1-3-2/h11H,7-9H2,1-6H3;3H2,1-2H3. The first kappa shape index (κ1) is 22.3. The second-order valence-electron chi connectivity index (χ2n) is 6.42. The average molecular weight is 299 g/mol. The van der Waals surface area contributed by atoms with Crippen LogP contribution in [0.2, 0.25) is 0 Å². The van der Waals surface area contributed by atoms with Crippen LogP contribution < -0.4 is 0 Å². The zero-order valence-corrected chi connectivity index (χ0v) is 15.1. The van der Waals surface area contributed by atoms with Crippen LogP contribution in [0.1, 0.15) is 74.7 Å². The Balaban J connectivity index is 0. The minimum Gasteiger partial charge on any atom is -0.277 e. The Labute approximate surface area is 130 Å². The normalized spacial score (nSPS) is 13.1. The maximum atomic E-state index is 10.3. The van der Waals surface area contributed by atoms with Crippen molar-refractivity contribution in [1.29, 1.82) is 5.26 Å². The van der Waals surface area contributed by atoms with Gasteiger partial charge in [-0.2, -0.15) is 15.2 Å². The van der Waals surface area contributed by atoms with Crippen LogP contribution >= 0.6 is 0 Å². The number of rotatable bonds is 8. The molecule has 0 N–H and O–H groups in total. The largest absolute Gasteiger partial charge is 0.277 e. The second kappa shape index (κ2) is 10.7. The molecule has 0 heterocycles. The molecule has 0 bridgehead atoms. The van der Waals surface area contributed by atoms with Gasteiger partial charge in [0.05, 0.1) is 12.6 Å². The second-order valence-corrected chi connectivity index (χ2v) is 6.42. The van der Waals surface area contributed by atoms with Crippen molar-refractivity contribution in [2.24, 2.45) is 5.18 Å². The topological polar surface area (TPSA) is 65.7 Å². The lowest BCUT2D eigenvalue weighted by atomic mass is 9.98. The number of nitroso groups, excluding NO2 is 1. The van der Waals surface area contributed by atoms with E-state index in [1.807, 2.05) is 25.8 Å². The average Bonchev–Trinajstić information content (AvgIpc) is 2.42. The number of nitrogens with zero attached hydrogens (tertiary/aromatic N) is 3. The summed E-state index contributed by atoms with van der Waals surface area (Å²) in [6.45, 7) is 16.1. The number of hydrogen-bond acceptors (Lipinski definition) is 5. The molecular weight excluding hydrogens is 266 g/mol. The minimum atomic E-state index is -0.880. The number of nitriles is 1. The van der Waals surface area contributed by atoms with Crippen LogP contribution in [0, 0.1) is 16.2 Å². The van der Waals surface area contributed by atoms with E-state index in [1.165, 1.54) is 6.42 Å². The van der Waals surface area contributed by atoms with Gasteiger partial charge in [0.15, 0.2) is 5.60 Å². The molecule has 0 radical (unpaired) electrons. The molecule has 0 aliphatic heterocycles. The van der Waals surface area contributed by atoms with Crippen molar-refractivity contribution in [3.63, 3.8) is 0 Å². The fourth-order valence-corrected chi connectivity index (χ4v) is 1.67. The van der Waals surface area contributed by atoms with Crippen LogP contribution in [0.3, 0.4) is 0 Å². The first-order valence-electron chi connectivity index (χ1n) is 7.80. The van der Waals surface area contributed by atoms with Crippen LogP contribution in [0.25, 0.3) is 0 Å². The predicted octanol–water partition coefficient (Wildman–Crippen LogP) is 4.67. The molecule has 0 saturated carbocycles. The third-order valence-corrected chi connectivity index (χ3v) is 3.00. The third-order valence-electron chi connectivity index (χ3n) is 3.00. The quantitative estimate of drug-likeness (QED) is 0.482. The van der Waals surface area contributed by atoms with Crippen LogP contribution in [-0.4, -0.2) is 28.8 Å². The molecule has 0 aliphatic carbocycles. The molecule has 0 saturated heterocycles. The van der Waals surface area contributed by atoms with E-state index < -0.39 is 5.60 Å². The monoisotopic (exact) mass is 299 g/mol. The Morgan fingerprint density at radius 2 is 1.71 bits per heavy atom. The van der Waals surface area contributed by atoms with Gasteiger partial charge < -0.3 is 0 Å². The zero-order chi connectivity index (χ0) is 17.1. The molecule has 0 rings (SSSR count). The summed E-state index contributed by atoms with van der Waals surface area (Å²) >= 11 is 0. The molecule has 5 nitrogen and oxygen atoms in total. The third kappa shape index (κ3) is 9.54. The molecule has 124 valence electrons. The molecule has 1 atom stereocenters. The van der Waals surface area contributed by atoms with Crippen molar-refractivity contribution in [1.82, 2.24) is 5.06 Å². The van der Waals surface area contributed by atoms with Gasteiger partial charge in [0.1, 0.15) is 0 Å². The molecule has 0 aliphatic rings. The molecule has 0 amide bonds. The van der Waals surface area contributed by atoms with E-state index in [9.17, 15) is 4.91 Å². The van der Waals surface area contributed by atoms with Crippen LogP contribution in [-0.2, 0) is 4.84 Å². The molecule has 0 fully saturated rings. The van der Waals surface area contributed by atoms with E-state index in [0.29, 0.717) is 6.42 Å². The Morgan fingerprint density at radius 1 is 1.24 bits per heavy atom. The van der Waals surface area contributed by atoms with Gasteiger partial charge in [-0.15, -0.1) is 0 Å². The molecule has 0 aromatic heterocycles. The Kier molecular flexibility index (Phi) is 11.4. The fraction of sp³-hybridized carbons (Fsp3) is 0.938. The molecule has 21 heavy (non-hydrogen) atoms. The highest BCUT2D eigenvalue weighted by Crippen LogP contribution is 2.27. The van der Waals surface area contributed by atoms with Crippen molar-refractivity contribution in [2.75, 3.05) is 6.54 Å². The van der Waals surface area contributed by atoms with E-state index in [4.69, 9.17) is 10.1 Å². The molecular formula is C16H33N3O2. The van der Waals surface area contributed by atoms with Gasteiger partial charge in [-0.25, -0.2) is 0 Å². The van der Waals surface area contributed by atoms with Crippen molar-refractivity contribution in [3.05, 3.63) is 4.91 Å². The van der Waals surface area contributed by atoms with Crippen molar-refractivity contribution in [3.8, 4) is 6.07 Å². The number of hydrogen-bond donors (Lipinski definition) is 0. The lowest BCUT2D eigenvalue weighted by Gasteiger charge is -2.43. The molecule has 0 aromatic carbocycles. The summed E-state index contributed by atoms with van der Waals surface area (Å²) < 4.78 is 0. The summed E-state index contributed by atoms with van der Waals surface area (Å²) in [5.74, 6) is 0. The molecule has 1 unspecified atom stereocenters. The smallest absolute Gasteiger partial charge is 0.170 e. The first-order valence-corrected chi connectivity index (χ1v) is 7.80. The molecule has 0 aromatic rings. The summed E-state index contributed by atoms with van der Waals surface area (Å²) in [7, 11) is 0. The van der Waals surface area contributed by atoms with Crippen LogP contribution in [0.15, 0.2) is 5.18 Å². The molecule has 5 heteroatoms. The van der Waals surface area contributed by atoms with E-state index in [-0.39, 0.29) is 18.1 Å². The lowest BCUT2D eigenvalue weighted by molar-refractivity contribution is -0.280. The van der Waals surface area contributed by atoms with Crippen molar-refractivity contribution < 1.29 is 4.84 Å². The van der Waals surface area contributed by atoms with Gasteiger partial charge in [-0.3, -0.25) is 4.84 Å². The maximum absolute atomic E-state index is 10.3. The van der Waals surface area contributed by atoms with E-state index >= 15 is 0 Å². The summed E-state index contributed by atoms with van der Waals surface area (Å²) in [6.07, 6.45) is 2.75. The van der Waals surface area contributed by atoms with Gasteiger partial charge >= 0.3 is 0 Å². The van der Waals surface area contributed by atoms with Crippen LogP contribution in [0.4, 0.5) is 0 Å². The first-order chi connectivity index (χ1) is 9.61. The molecule has 0 spiro atoms. The van der Waals surface area contributed by atoms with E-state index in [0.717, 1.165) is 6.42 Å². The van der Waals surface area contributed by atoms with E-state index in [2.05, 4.69) is 32.0 Å². The highest BCUT2D eigenvalue weighted by atomic mass is 16.7.